The second-order valence-electron chi connectivity index (χ2n) is 7.70. The monoisotopic (exact) mass is 448 g/mol. The Hall–Kier alpha value is -3.65. The Bertz CT molecular complexity index is 1370. The molecule has 0 fully saturated rings. The molecule has 8 nitrogen and oxygen atoms in total. The molecule has 1 aliphatic rings. The molecular weight excluding hydrogens is 428 g/mol. The number of aromatic nitrogens is 4. The van der Waals surface area contributed by atoms with Crippen molar-refractivity contribution in [3.63, 3.8) is 0 Å². The van der Waals surface area contributed by atoms with Gasteiger partial charge < -0.3 is 15.8 Å². The molecule has 0 unspecified atom stereocenters. The number of carbonyl (C=O) groups is 1. The van der Waals surface area contributed by atoms with Crippen molar-refractivity contribution in [2.24, 2.45) is 0 Å². The molecule has 1 aliphatic carbocycles. The first-order valence-electron chi connectivity index (χ1n) is 10.2. The first-order chi connectivity index (χ1) is 15.5. The number of benzene rings is 1. The summed E-state index contributed by atoms with van der Waals surface area (Å²) in [6, 6.07) is 11.5. The molecule has 0 saturated carbocycles. The molecule has 3 N–H and O–H groups in total. The van der Waals surface area contributed by atoms with E-state index < -0.39 is 0 Å². The summed E-state index contributed by atoms with van der Waals surface area (Å²) in [6.07, 6.45) is 3.37. The molecule has 0 saturated heterocycles. The molecule has 1 atom stereocenters. The van der Waals surface area contributed by atoms with E-state index in [2.05, 4.69) is 21.4 Å². The van der Waals surface area contributed by atoms with Crippen LogP contribution in [0.3, 0.4) is 0 Å². The lowest BCUT2D eigenvalue weighted by atomic mass is 10.1. The van der Waals surface area contributed by atoms with Crippen molar-refractivity contribution in [3.05, 3.63) is 58.9 Å². The summed E-state index contributed by atoms with van der Waals surface area (Å²) in [5.74, 6) is 1.44. The van der Waals surface area contributed by atoms with E-state index in [1.165, 1.54) is 12.5 Å². The van der Waals surface area contributed by atoms with Crippen LogP contribution in [-0.2, 0) is 11.2 Å². The van der Waals surface area contributed by atoms with Gasteiger partial charge in [0.2, 0.25) is 5.91 Å². The van der Waals surface area contributed by atoms with Crippen LogP contribution in [-0.4, -0.2) is 32.5 Å². The Labute approximate surface area is 189 Å². The zero-order valence-electron chi connectivity index (χ0n) is 17.6. The smallest absolute Gasteiger partial charge is 0.217 e. The Morgan fingerprint density at radius 2 is 2.12 bits per heavy atom. The van der Waals surface area contributed by atoms with Gasteiger partial charge >= 0.3 is 0 Å². The van der Waals surface area contributed by atoms with E-state index >= 15 is 0 Å². The molecule has 5 rings (SSSR count). The highest BCUT2D eigenvalue weighted by molar-refractivity contribution is 6.30. The molecular formula is C23H21ClN6O2. The average molecular weight is 449 g/mol. The number of methoxy groups -OCH3 is 1. The number of hydrogen-bond acceptors (Lipinski definition) is 6. The molecule has 9 heteroatoms. The van der Waals surface area contributed by atoms with Gasteiger partial charge in [0.25, 0.3) is 0 Å². The predicted molar refractivity (Wildman–Crippen MR) is 123 cm³/mol. The van der Waals surface area contributed by atoms with Crippen molar-refractivity contribution in [2.45, 2.75) is 25.8 Å². The van der Waals surface area contributed by atoms with Crippen LogP contribution in [0, 0.1) is 0 Å². The number of nitrogens with zero attached hydrogens (tertiary/aromatic N) is 4. The van der Waals surface area contributed by atoms with Crippen LogP contribution >= 0.6 is 11.6 Å². The zero-order chi connectivity index (χ0) is 22.4. The van der Waals surface area contributed by atoms with Crippen LogP contribution in [0.2, 0.25) is 5.15 Å². The SMILES string of the molecule is COc1cc(Cl)nc2c1nc(-c1cccnc1N)n2-c1ccc2c(c1)CC[C@@H]2NC(C)=O. The summed E-state index contributed by atoms with van der Waals surface area (Å²) in [5.41, 5.74) is 11.2. The number of fused-ring (bicyclic) bond motifs is 2. The number of hydrogen-bond donors (Lipinski definition) is 2. The Balaban J connectivity index is 1.75. The van der Waals surface area contributed by atoms with Crippen molar-refractivity contribution in [2.75, 3.05) is 12.8 Å². The Kier molecular flexibility index (Phi) is 4.94. The third-order valence-electron chi connectivity index (χ3n) is 5.69. The molecule has 0 aliphatic heterocycles. The molecule has 0 spiro atoms. The van der Waals surface area contributed by atoms with E-state index in [9.17, 15) is 4.79 Å². The van der Waals surface area contributed by atoms with Crippen LogP contribution in [0.5, 0.6) is 5.75 Å². The lowest BCUT2D eigenvalue weighted by molar-refractivity contribution is -0.119. The van der Waals surface area contributed by atoms with Gasteiger partial charge in [0, 0.05) is 24.9 Å². The minimum atomic E-state index is -0.0344. The predicted octanol–water partition coefficient (Wildman–Crippen LogP) is 3.85. The van der Waals surface area contributed by atoms with E-state index in [-0.39, 0.29) is 11.9 Å². The van der Waals surface area contributed by atoms with Crippen molar-refractivity contribution in [3.8, 4) is 22.8 Å². The molecule has 1 aromatic carbocycles. The Morgan fingerprint density at radius 3 is 2.88 bits per heavy atom. The molecule has 32 heavy (non-hydrogen) atoms. The van der Waals surface area contributed by atoms with E-state index in [1.807, 2.05) is 28.8 Å². The molecule has 4 aromatic rings. The molecule has 0 bridgehead atoms. The highest BCUT2D eigenvalue weighted by Gasteiger charge is 2.26. The maximum Gasteiger partial charge on any atom is 0.217 e. The van der Waals surface area contributed by atoms with Gasteiger partial charge in [-0.15, -0.1) is 0 Å². The van der Waals surface area contributed by atoms with E-state index in [4.69, 9.17) is 27.1 Å². The van der Waals surface area contributed by atoms with Gasteiger partial charge in [-0.2, -0.15) is 0 Å². The average Bonchev–Trinajstić information content (AvgIpc) is 3.34. The summed E-state index contributed by atoms with van der Waals surface area (Å²) >= 11 is 6.30. The zero-order valence-corrected chi connectivity index (χ0v) is 18.3. The van der Waals surface area contributed by atoms with Gasteiger partial charge in [0.15, 0.2) is 22.7 Å². The molecule has 162 valence electrons. The standard InChI is InChI=1S/C23H21ClN6O2/c1-12(31)27-17-8-5-13-10-14(6-7-15(13)17)30-22(16-4-3-9-26-21(16)25)29-20-18(32-2)11-19(24)28-23(20)30/h3-4,6-7,9-11,17H,5,8H2,1-2H3,(H2,25,26)(H,27,31)/t17-/m0/s1. The number of halogens is 1. The fraction of sp³-hybridized carbons (Fsp3) is 0.217. The van der Waals surface area contributed by atoms with Crippen LogP contribution in [0.4, 0.5) is 5.82 Å². The summed E-state index contributed by atoms with van der Waals surface area (Å²) in [6.45, 7) is 1.54. The van der Waals surface area contributed by atoms with Gasteiger partial charge in [0.1, 0.15) is 11.0 Å². The second-order valence-corrected chi connectivity index (χ2v) is 8.09. The summed E-state index contributed by atoms with van der Waals surface area (Å²) in [4.78, 5) is 25.2. The van der Waals surface area contributed by atoms with Crippen LogP contribution in [0.1, 0.15) is 30.5 Å². The van der Waals surface area contributed by atoms with E-state index in [0.29, 0.717) is 39.3 Å². The summed E-state index contributed by atoms with van der Waals surface area (Å²) < 4.78 is 7.44. The van der Waals surface area contributed by atoms with Crippen LogP contribution in [0.15, 0.2) is 42.6 Å². The van der Waals surface area contributed by atoms with Crippen LogP contribution in [0.25, 0.3) is 28.2 Å². The fourth-order valence-corrected chi connectivity index (χ4v) is 4.50. The largest absolute Gasteiger partial charge is 0.494 e. The second kappa shape index (κ2) is 7.80. The van der Waals surface area contributed by atoms with Crippen molar-refractivity contribution in [1.82, 2.24) is 24.8 Å². The number of rotatable bonds is 4. The van der Waals surface area contributed by atoms with Gasteiger partial charge in [-0.25, -0.2) is 15.0 Å². The number of carbonyl (C=O) groups excluding carboxylic acids is 1. The lowest BCUT2D eigenvalue weighted by Crippen LogP contribution is -2.24. The fourth-order valence-electron chi connectivity index (χ4n) is 4.32. The first kappa shape index (κ1) is 20.3. The number of ether oxygens (including phenoxy) is 1. The number of pyridine rings is 2. The number of aryl methyl sites for hydroxylation is 1. The quantitative estimate of drug-likeness (QED) is 0.459. The number of nitrogens with one attached hydrogen (secondary N) is 1. The van der Waals surface area contributed by atoms with E-state index in [1.54, 1.807) is 19.4 Å². The summed E-state index contributed by atoms with van der Waals surface area (Å²) in [5, 5.41) is 3.32. The van der Waals surface area contributed by atoms with Gasteiger partial charge in [-0.3, -0.25) is 9.36 Å². The Morgan fingerprint density at radius 1 is 1.28 bits per heavy atom. The highest BCUT2D eigenvalue weighted by Crippen LogP contribution is 2.37. The van der Waals surface area contributed by atoms with Crippen LogP contribution < -0.4 is 15.8 Å². The highest BCUT2D eigenvalue weighted by atomic mass is 35.5. The third-order valence-corrected chi connectivity index (χ3v) is 5.88. The minimum Gasteiger partial charge on any atom is -0.494 e. The topological polar surface area (TPSA) is 108 Å². The number of imidazole rings is 1. The first-order valence-corrected chi connectivity index (χ1v) is 10.6. The molecule has 3 aromatic heterocycles. The number of nitrogen functional groups attached to an aromatic ring is 1. The maximum absolute atomic E-state index is 11.6. The summed E-state index contributed by atoms with van der Waals surface area (Å²) in [7, 11) is 1.57. The minimum absolute atomic E-state index is 0.0252. The normalized spacial score (nSPS) is 15.0. The third kappa shape index (κ3) is 3.33. The lowest BCUT2D eigenvalue weighted by Gasteiger charge is -2.14. The van der Waals surface area contributed by atoms with Gasteiger partial charge in [-0.05, 0) is 48.2 Å². The molecule has 0 radical (unpaired) electrons. The number of anilines is 1. The van der Waals surface area contributed by atoms with Crippen molar-refractivity contribution < 1.29 is 9.53 Å². The number of nitrogens with two attached hydrogens (primary N) is 1. The molecule has 1 amide bonds. The molecule has 3 heterocycles. The van der Waals surface area contributed by atoms with E-state index in [0.717, 1.165) is 24.1 Å². The van der Waals surface area contributed by atoms with Crippen molar-refractivity contribution in [1.29, 1.82) is 0 Å². The van der Waals surface area contributed by atoms with Crippen molar-refractivity contribution >= 4 is 34.5 Å². The maximum atomic E-state index is 11.6. The van der Waals surface area contributed by atoms with Gasteiger partial charge in [-0.1, -0.05) is 17.7 Å². The van der Waals surface area contributed by atoms with Gasteiger partial charge in [0.05, 0.1) is 18.7 Å². The number of amides is 1.